The largest absolute Gasteiger partial charge is 0.475 e. The van der Waals surface area contributed by atoms with Crippen LogP contribution in [0.1, 0.15) is 16.4 Å². The van der Waals surface area contributed by atoms with Gasteiger partial charge in [0.05, 0.1) is 6.54 Å². The summed E-state index contributed by atoms with van der Waals surface area (Å²) in [7, 11) is 0. The first-order chi connectivity index (χ1) is 6.27. The lowest BCUT2D eigenvalue weighted by Crippen LogP contribution is -2.18. The summed E-state index contributed by atoms with van der Waals surface area (Å²) in [5.74, 6) is -0.409. The van der Waals surface area contributed by atoms with Gasteiger partial charge in [-0.15, -0.1) is 5.10 Å². The number of carbonyl (C=O) groups is 1. The molecule has 0 aromatic carbocycles. The second-order valence-corrected chi connectivity index (χ2v) is 2.88. The van der Waals surface area contributed by atoms with Gasteiger partial charge < -0.3 is 10.4 Å². The summed E-state index contributed by atoms with van der Waals surface area (Å²) in [5.41, 5.74) is 0. The molecule has 2 N–H and O–H groups in total. The van der Waals surface area contributed by atoms with Crippen LogP contribution in [-0.2, 0) is 13.0 Å². The molecule has 0 saturated heterocycles. The van der Waals surface area contributed by atoms with Gasteiger partial charge in [0, 0.05) is 19.5 Å². The number of hydrogen-bond acceptors (Lipinski definition) is 4. The lowest BCUT2D eigenvalue weighted by atomic mass is 10.4. The molecule has 70 valence electrons. The van der Waals surface area contributed by atoms with E-state index in [0.717, 1.165) is 25.3 Å². The van der Waals surface area contributed by atoms with E-state index in [4.69, 9.17) is 5.11 Å². The van der Waals surface area contributed by atoms with Gasteiger partial charge in [-0.05, 0) is 0 Å². The van der Waals surface area contributed by atoms with Crippen LogP contribution in [0.4, 0.5) is 0 Å². The van der Waals surface area contributed by atoms with Crippen LogP contribution in [0, 0.1) is 0 Å². The Bertz CT molecular complexity index is 310. The van der Waals surface area contributed by atoms with Gasteiger partial charge in [0.1, 0.15) is 5.82 Å². The standard InChI is InChI=1S/C7H10N4O2/c12-7(13)6-9-5-1-2-8-3-4-11(5)10-6/h8H,1-4H2,(H,12,13). The van der Waals surface area contributed by atoms with E-state index in [0.29, 0.717) is 6.54 Å². The number of carboxylic acids is 1. The molecule has 0 aliphatic carbocycles. The van der Waals surface area contributed by atoms with Crippen molar-refractivity contribution in [1.82, 2.24) is 20.1 Å². The Morgan fingerprint density at radius 3 is 3.15 bits per heavy atom. The highest BCUT2D eigenvalue weighted by molar-refractivity contribution is 5.82. The molecule has 0 amide bonds. The predicted molar refractivity (Wildman–Crippen MR) is 43.6 cm³/mol. The first kappa shape index (κ1) is 8.18. The number of rotatable bonds is 1. The van der Waals surface area contributed by atoms with Crippen LogP contribution in [0.25, 0.3) is 0 Å². The van der Waals surface area contributed by atoms with Crippen molar-refractivity contribution in [3.63, 3.8) is 0 Å². The fourth-order valence-corrected chi connectivity index (χ4v) is 1.34. The molecule has 0 spiro atoms. The lowest BCUT2D eigenvalue weighted by molar-refractivity contribution is 0.0683. The van der Waals surface area contributed by atoms with Crippen LogP contribution in [0.5, 0.6) is 0 Å². The smallest absolute Gasteiger partial charge is 0.375 e. The zero-order valence-corrected chi connectivity index (χ0v) is 7.03. The normalized spacial score (nSPS) is 16.3. The van der Waals surface area contributed by atoms with Crippen molar-refractivity contribution in [2.45, 2.75) is 13.0 Å². The minimum absolute atomic E-state index is 0.100. The summed E-state index contributed by atoms with van der Waals surface area (Å²) >= 11 is 0. The average molecular weight is 182 g/mol. The van der Waals surface area contributed by atoms with Gasteiger partial charge in [0.2, 0.25) is 0 Å². The second kappa shape index (κ2) is 3.14. The molecule has 1 aromatic heterocycles. The predicted octanol–water partition coefficient (Wildman–Crippen LogP) is -0.878. The SMILES string of the molecule is O=C(O)c1nc2n(n1)CCNCC2. The minimum Gasteiger partial charge on any atom is -0.475 e. The van der Waals surface area contributed by atoms with Gasteiger partial charge >= 0.3 is 5.97 Å². The summed E-state index contributed by atoms with van der Waals surface area (Å²) in [6, 6.07) is 0. The minimum atomic E-state index is -1.06. The van der Waals surface area contributed by atoms with Crippen LogP contribution >= 0.6 is 0 Å². The zero-order valence-electron chi connectivity index (χ0n) is 7.03. The van der Waals surface area contributed by atoms with Crippen molar-refractivity contribution in [2.24, 2.45) is 0 Å². The third-order valence-electron chi connectivity index (χ3n) is 1.97. The van der Waals surface area contributed by atoms with Crippen molar-refractivity contribution in [3.05, 3.63) is 11.6 Å². The third kappa shape index (κ3) is 1.52. The monoisotopic (exact) mass is 182 g/mol. The van der Waals surface area contributed by atoms with Crippen molar-refractivity contribution < 1.29 is 9.90 Å². The molecule has 13 heavy (non-hydrogen) atoms. The van der Waals surface area contributed by atoms with E-state index in [1.165, 1.54) is 0 Å². The molecule has 0 radical (unpaired) electrons. The molecule has 1 aliphatic heterocycles. The maximum atomic E-state index is 10.6. The zero-order chi connectivity index (χ0) is 9.26. The summed E-state index contributed by atoms with van der Waals surface area (Å²) in [4.78, 5) is 14.5. The molecule has 6 heteroatoms. The lowest BCUT2D eigenvalue weighted by Gasteiger charge is -1.96. The number of nitrogens with zero attached hydrogens (tertiary/aromatic N) is 3. The van der Waals surface area contributed by atoms with E-state index in [2.05, 4.69) is 15.4 Å². The third-order valence-corrected chi connectivity index (χ3v) is 1.97. The van der Waals surface area contributed by atoms with E-state index < -0.39 is 5.97 Å². The molecule has 1 aliphatic rings. The summed E-state index contributed by atoms with van der Waals surface area (Å²) in [6.45, 7) is 2.34. The first-order valence-electron chi connectivity index (χ1n) is 4.15. The highest BCUT2D eigenvalue weighted by Gasteiger charge is 2.16. The van der Waals surface area contributed by atoms with Crippen LogP contribution in [-0.4, -0.2) is 38.9 Å². The molecule has 0 saturated carbocycles. The highest BCUT2D eigenvalue weighted by Crippen LogP contribution is 2.01. The Balaban J connectivity index is 2.32. The molecule has 0 unspecified atom stereocenters. The van der Waals surface area contributed by atoms with Gasteiger partial charge in [0.25, 0.3) is 5.82 Å². The van der Waals surface area contributed by atoms with Crippen molar-refractivity contribution in [3.8, 4) is 0 Å². The van der Waals surface area contributed by atoms with E-state index in [9.17, 15) is 4.79 Å². The van der Waals surface area contributed by atoms with Crippen molar-refractivity contribution in [1.29, 1.82) is 0 Å². The van der Waals surface area contributed by atoms with Gasteiger partial charge in [-0.2, -0.15) is 0 Å². The number of aromatic nitrogens is 3. The summed E-state index contributed by atoms with van der Waals surface area (Å²) in [5, 5.41) is 15.7. The molecule has 2 rings (SSSR count). The van der Waals surface area contributed by atoms with E-state index >= 15 is 0 Å². The Kier molecular flexibility index (Phi) is 1.97. The fourth-order valence-electron chi connectivity index (χ4n) is 1.34. The topological polar surface area (TPSA) is 80.0 Å². The molecule has 0 bridgehead atoms. The van der Waals surface area contributed by atoms with Crippen molar-refractivity contribution in [2.75, 3.05) is 13.1 Å². The maximum Gasteiger partial charge on any atom is 0.375 e. The molecular formula is C7H10N4O2. The Labute approximate surface area is 74.6 Å². The molecule has 0 atom stereocenters. The maximum absolute atomic E-state index is 10.6. The Morgan fingerprint density at radius 2 is 2.38 bits per heavy atom. The number of fused-ring (bicyclic) bond motifs is 1. The molecular weight excluding hydrogens is 172 g/mol. The second-order valence-electron chi connectivity index (χ2n) is 2.88. The number of aromatic carboxylic acids is 1. The van der Waals surface area contributed by atoms with Gasteiger partial charge in [-0.3, -0.25) is 0 Å². The number of nitrogens with one attached hydrogen (secondary N) is 1. The van der Waals surface area contributed by atoms with E-state index in [1.807, 2.05) is 0 Å². The molecule has 1 aromatic rings. The van der Waals surface area contributed by atoms with Gasteiger partial charge in [0.15, 0.2) is 0 Å². The van der Waals surface area contributed by atoms with Crippen LogP contribution < -0.4 is 5.32 Å². The summed E-state index contributed by atoms with van der Waals surface area (Å²) in [6.07, 6.45) is 0.736. The Hall–Kier alpha value is -1.43. The van der Waals surface area contributed by atoms with E-state index in [-0.39, 0.29) is 5.82 Å². The number of hydrogen-bond donors (Lipinski definition) is 2. The van der Waals surface area contributed by atoms with Crippen LogP contribution in [0.3, 0.4) is 0 Å². The quantitative estimate of drug-likeness (QED) is 0.589. The summed E-state index contributed by atoms with van der Waals surface area (Å²) < 4.78 is 1.66. The molecule has 0 fully saturated rings. The number of carboxylic acid groups (broad SMARTS) is 1. The highest BCUT2D eigenvalue weighted by atomic mass is 16.4. The van der Waals surface area contributed by atoms with Crippen LogP contribution in [0.2, 0.25) is 0 Å². The van der Waals surface area contributed by atoms with Crippen LogP contribution in [0.15, 0.2) is 0 Å². The fraction of sp³-hybridized carbons (Fsp3) is 0.571. The van der Waals surface area contributed by atoms with Crippen molar-refractivity contribution >= 4 is 5.97 Å². The molecule has 2 heterocycles. The van der Waals surface area contributed by atoms with Gasteiger partial charge in [-0.25, -0.2) is 14.5 Å². The molecule has 6 nitrogen and oxygen atoms in total. The van der Waals surface area contributed by atoms with E-state index in [1.54, 1.807) is 4.68 Å². The van der Waals surface area contributed by atoms with Gasteiger partial charge in [-0.1, -0.05) is 0 Å². The Morgan fingerprint density at radius 1 is 1.54 bits per heavy atom. The first-order valence-corrected chi connectivity index (χ1v) is 4.15. The average Bonchev–Trinajstić information content (AvgIpc) is 2.38.